The van der Waals surface area contributed by atoms with E-state index < -0.39 is 0 Å². The normalized spacial score (nSPS) is 26.7. The zero-order valence-electron chi connectivity index (χ0n) is 9.64. The van der Waals surface area contributed by atoms with Crippen LogP contribution < -0.4 is 5.32 Å². The molecule has 0 aromatic rings. The van der Waals surface area contributed by atoms with Gasteiger partial charge in [0.15, 0.2) is 5.78 Å². The van der Waals surface area contributed by atoms with Gasteiger partial charge in [0.2, 0.25) is 0 Å². The van der Waals surface area contributed by atoms with Crippen molar-refractivity contribution in [3.63, 3.8) is 0 Å². The van der Waals surface area contributed by atoms with Gasteiger partial charge >= 0.3 is 0 Å². The van der Waals surface area contributed by atoms with Gasteiger partial charge < -0.3 is 5.32 Å². The molecule has 0 aromatic heterocycles. The molecule has 0 aliphatic heterocycles. The Morgan fingerprint density at radius 2 is 2.20 bits per heavy atom. The lowest BCUT2D eigenvalue weighted by molar-refractivity contribution is -0.116. The van der Waals surface area contributed by atoms with E-state index in [-0.39, 0.29) is 0 Å². The van der Waals surface area contributed by atoms with Crippen LogP contribution in [0, 0.1) is 0 Å². The lowest BCUT2D eigenvalue weighted by Gasteiger charge is -2.30. The Morgan fingerprint density at radius 3 is 3.00 bits per heavy atom. The fourth-order valence-corrected chi connectivity index (χ4v) is 2.74. The second kappa shape index (κ2) is 4.93. The largest absolute Gasteiger partial charge is 0.314 e. The van der Waals surface area contributed by atoms with Crippen LogP contribution in [0.2, 0.25) is 0 Å². The maximum Gasteiger partial charge on any atom is 0.158 e. The van der Waals surface area contributed by atoms with Crippen LogP contribution in [0.5, 0.6) is 0 Å². The lowest BCUT2D eigenvalue weighted by atomic mass is 9.79. The van der Waals surface area contributed by atoms with Crippen LogP contribution in [-0.4, -0.2) is 18.4 Å². The van der Waals surface area contributed by atoms with Crippen LogP contribution in [0.15, 0.2) is 11.1 Å². The van der Waals surface area contributed by atoms with Crippen molar-refractivity contribution < 1.29 is 4.79 Å². The first kappa shape index (κ1) is 10.9. The van der Waals surface area contributed by atoms with Crippen molar-refractivity contribution in [3.05, 3.63) is 11.1 Å². The minimum absolute atomic E-state index is 0.435. The van der Waals surface area contributed by atoms with Crippen molar-refractivity contribution in [2.75, 3.05) is 6.54 Å². The van der Waals surface area contributed by atoms with Crippen molar-refractivity contribution in [1.82, 2.24) is 5.32 Å². The number of allylic oxidation sites excluding steroid dienone is 1. The van der Waals surface area contributed by atoms with Crippen LogP contribution in [0.3, 0.4) is 0 Å². The molecule has 0 saturated carbocycles. The summed E-state index contributed by atoms with van der Waals surface area (Å²) in [6.45, 7) is 3.31. The maximum atomic E-state index is 11.7. The number of rotatable bonds is 3. The number of nitrogens with one attached hydrogen (secondary N) is 1. The van der Waals surface area contributed by atoms with Crippen LogP contribution in [0.1, 0.15) is 51.9 Å². The Kier molecular flexibility index (Phi) is 3.57. The lowest BCUT2D eigenvalue weighted by Crippen LogP contribution is -2.34. The highest BCUT2D eigenvalue weighted by atomic mass is 16.1. The summed E-state index contributed by atoms with van der Waals surface area (Å²) in [5.74, 6) is 0.435. The molecule has 2 rings (SSSR count). The fraction of sp³-hybridized carbons (Fsp3) is 0.769. The predicted octanol–water partition coefficient (Wildman–Crippen LogP) is 2.59. The predicted molar refractivity (Wildman–Crippen MR) is 61.8 cm³/mol. The molecule has 0 amide bonds. The number of carbonyl (C=O) groups is 1. The highest BCUT2D eigenvalue weighted by Crippen LogP contribution is 2.33. The maximum absolute atomic E-state index is 11.7. The minimum atomic E-state index is 0.435. The molecule has 0 aromatic carbocycles. The van der Waals surface area contributed by atoms with E-state index in [1.165, 1.54) is 24.0 Å². The van der Waals surface area contributed by atoms with Gasteiger partial charge in [-0.1, -0.05) is 12.5 Å². The second-order valence-corrected chi connectivity index (χ2v) is 4.75. The van der Waals surface area contributed by atoms with Crippen LogP contribution in [-0.2, 0) is 4.79 Å². The monoisotopic (exact) mass is 207 g/mol. The van der Waals surface area contributed by atoms with E-state index in [4.69, 9.17) is 0 Å². The molecule has 1 N–H and O–H groups in total. The van der Waals surface area contributed by atoms with Crippen LogP contribution >= 0.6 is 0 Å². The van der Waals surface area contributed by atoms with E-state index in [9.17, 15) is 4.79 Å². The summed E-state index contributed by atoms with van der Waals surface area (Å²) in [6.07, 6.45) is 7.55. The Balaban J connectivity index is 1.97. The van der Waals surface area contributed by atoms with Crippen LogP contribution in [0.4, 0.5) is 0 Å². The summed E-state index contributed by atoms with van der Waals surface area (Å²) in [6, 6.07) is 0.634. The fourth-order valence-electron chi connectivity index (χ4n) is 2.74. The molecule has 0 heterocycles. The van der Waals surface area contributed by atoms with Crippen molar-refractivity contribution in [2.45, 2.75) is 57.9 Å². The first-order chi connectivity index (χ1) is 7.31. The number of Topliss-reactive ketones (excluding diaryl/α,β-unsaturated/α-hetero) is 1. The Hall–Kier alpha value is -0.630. The molecule has 1 atom stereocenters. The van der Waals surface area contributed by atoms with Gasteiger partial charge in [0.25, 0.3) is 0 Å². The third-order valence-electron chi connectivity index (χ3n) is 3.56. The molecule has 2 nitrogen and oxygen atoms in total. The molecule has 0 unspecified atom stereocenters. The van der Waals surface area contributed by atoms with Crippen molar-refractivity contribution in [2.24, 2.45) is 0 Å². The third kappa shape index (κ3) is 2.49. The molecule has 0 saturated heterocycles. The van der Waals surface area contributed by atoms with Gasteiger partial charge in [-0.2, -0.15) is 0 Å². The first-order valence-corrected chi connectivity index (χ1v) is 6.28. The SMILES string of the molecule is CCCN[C@@H]1CCC2=C(CCCC2=O)C1. The zero-order chi connectivity index (χ0) is 10.7. The quantitative estimate of drug-likeness (QED) is 0.770. The molecule has 0 radical (unpaired) electrons. The molecule has 0 spiro atoms. The van der Waals surface area contributed by atoms with Gasteiger partial charge in [-0.05, 0) is 50.6 Å². The minimum Gasteiger partial charge on any atom is -0.314 e. The molecular formula is C13H21NO. The smallest absolute Gasteiger partial charge is 0.158 e. The second-order valence-electron chi connectivity index (χ2n) is 4.75. The van der Waals surface area contributed by atoms with Gasteiger partial charge in [-0.3, -0.25) is 4.79 Å². The number of hydrogen-bond acceptors (Lipinski definition) is 2. The summed E-state index contributed by atoms with van der Waals surface area (Å²) >= 11 is 0. The standard InChI is InChI=1S/C13H21NO/c1-2-8-14-11-6-7-12-10(9-11)4-3-5-13(12)15/h11,14H,2-9H2,1H3/t11-/m1/s1. The molecule has 0 bridgehead atoms. The zero-order valence-corrected chi connectivity index (χ0v) is 9.64. The molecule has 2 aliphatic rings. The summed E-state index contributed by atoms with van der Waals surface area (Å²) in [5.41, 5.74) is 2.65. The molecule has 84 valence electrons. The molecule has 15 heavy (non-hydrogen) atoms. The average molecular weight is 207 g/mol. The number of carbonyl (C=O) groups excluding carboxylic acids is 1. The van der Waals surface area contributed by atoms with Gasteiger partial charge in [0.1, 0.15) is 0 Å². The third-order valence-corrected chi connectivity index (χ3v) is 3.56. The summed E-state index contributed by atoms with van der Waals surface area (Å²) in [4.78, 5) is 11.7. The number of hydrogen-bond donors (Lipinski definition) is 1. The van der Waals surface area contributed by atoms with E-state index >= 15 is 0 Å². The Morgan fingerprint density at radius 1 is 1.33 bits per heavy atom. The van der Waals surface area contributed by atoms with Gasteiger partial charge in [-0.15, -0.1) is 0 Å². The van der Waals surface area contributed by atoms with Crippen LogP contribution in [0.25, 0.3) is 0 Å². The summed E-state index contributed by atoms with van der Waals surface area (Å²) in [7, 11) is 0. The highest BCUT2D eigenvalue weighted by Gasteiger charge is 2.26. The van der Waals surface area contributed by atoms with Gasteiger partial charge in [0.05, 0.1) is 0 Å². The molecule has 2 heteroatoms. The van der Waals surface area contributed by atoms with E-state index in [0.717, 1.165) is 38.6 Å². The molecular weight excluding hydrogens is 186 g/mol. The van der Waals surface area contributed by atoms with Gasteiger partial charge in [-0.25, -0.2) is 0 Å². The molecule has 0 fully saturated rings. The van der Waals surface area contributed by atoms with E-state index in [2.05, 4.69) is 12.2 Å². The summed E-state index contributed by atoms with van der Waals surface area (Å²) < 4.78 is 0. The Bertz CT molecular complexity index is 280. The van der Waals surface area contributed by atoms with Crippen molar-refractivity contribution in [1.29, 1.82) is 0 Å². The van der Waals surface area contributed by atoms with E-state index in [1.54, 1.807) is 0 Å². The van der Waals surface area contributed by atoms with E-state index in [0.29, 0.717) is 11.8 Å². The topological polar surface area (TPSA) is 29.1 Å². The van der Waals surface area contributed by atoms with Crippen molar-refractivity contribution in [3.8, 4) is 0 Å². The summed E-state index contributed by atoms with van der Waals surface area (Å²) in [5, 5.41) is 3.57. The Labute approximate surface area is 92.1 Å². The van der Waals surface area contributed by atoms with E-state index in [1.807, 2.05) is 0 Å². The average Bonchev–Trinajstić information content (AvgIpc) is 2.26. The highest BCUT2D eigenvalue weighted by molar-refractivity contribution is 5.97. The van der Waals surface area contributed by atoms with Crippen molar-refractivity contribution >= 4 is 5.78 Å². The van der Waals surface area contributed by atoms with Gasteiger partial charge in [0, 0.05) is 12.5 Å². The first-order valence-electron chi connectivity index (χ1n) is 6.28. The number of ketones is 1. The molecule has 2 aliphatic carbocycles.